The Bertz CT molecular complexity index is 983. The van der Waals surface area contributed by atoms with Crippen LogP contribution in [-0.4, -0.2) is 64.7 Å². The van der Waals surface area contributed by atoms with Crippen molar-refractivity contribution < 1.29 is 24.2 Å². The average Bonchev–Trinajstić information content (AvgIpc) is 3.48. The molecule has 2 bridgehead atoms. The van der Waals surface area contributed by atoms with Crippen molar-refractivity contribution in [2.24, 2.45) is 17.8 Å². The smallest absolute Gasteiger partial charge is 0.250 e. The number of hydrogen-bond donors (Lipinski definition) is 3. The average molecular weight is 506 g/mol. The summed E-state index contributed by atoms with van der Waals surface area (Å²) in [4.78, 5) is 42.6. The number of carbonyl (C=O) groups excluding carboxylic acids is 3. The second-order valence-electron chi connectivity index (χ2n) is 10.1. The number of rotatable bonds is 9. The Labute approximate surface area is 211 Å². The second-order valence-corrected chi connectivity index (χ2v) is 10.6. The molecule has 0 aromatic heterocycles. The largest absolute Gasteiger partial charge is 0.394 e. The van der Waals surface area contributed by atoms with Crippen molar-refractivity contribution in [3.8, 4) is 0 Å². The van der Waals surface area contributed by atoms with Crippen LogP contribution < -0.4 is 10.6 Å². The van der Waals surface area contributed by atoms with E-state index in [4.69, 9.17) is 16.3 Å². The monoisotopic (exact) mass is 505 g/mol. The van der Waals surface area contributed by atoms with Crippen molar-refractivity contribution in [3.05, 3.63) is 28.8 Å². The van der Waals surface area contributed by atoms with Gasteiger partial charge in [-0.25, -0.2) is 0 Å². The molecule has 4 rings (SSSR count). The summed E-state index contributed by atoms with van der Waals surface area (Å²) in [5.74, 6) is -2.38. The van der Waals surface area contributed by atoms with Crippen LogP contribution in [0, 0.1) is 24.7 Å². The van der Waals surface area contributed by atoms with Crippen molar-refractivity contribution in [2.45, 2.75) is 77.2 Å². The SMILES string of the molecule is CCCNC(=O)[C@@H]1[C@@H]2CCC3(O2)C(C(=O)Nc2c(C)cccc2Cl)N([C@@H](CO)[C@@H](C)CC)C(=O)[C@H]13. The van der Waals surface area contributed by atoms with Gasteiger partial charge in [-0.05, 0) is 43.7 Å². The zero-order chi connectivity index (χ0) is 25.5. The van der Waals surface area contributed by atoms with Gasteiger partial charge in [0.1, 0.15) is 11.6 Å². The minimum atomic E-state index is -1.11. The summed E-state index contributed by atoms with van der Waals surface area (Å²) in [7, 11) is 0. The number of benzene rings is 1. The molecule has 0 aliphatic carbocycles. The fourth-order valence-electron chi connectivity index (χ4n) is 6.21. The number of ether oxygens (including phenoxy) is 1. The van der Waals surface area contributed by atoms with E-state index in [1.165, 1.54) is 4.90 Å². The Morgan fingerprint density at radius 2 is 2.06 bits per heavy atom. The van der Waals surface area contributed by atoms with Crippen LogP contribution in [0.3, 0.4) is 0 Å². The Kier molecular flexibility index (Phi) is 7.46. The molecule has 3 amide bonds. The summed E-state index contributed by atoms with van der Waals surface area (Å²) in [6, 6.07) is 3.80. The number of fused-ring (bicyclic) bond motifs is 1. The summed E-state index contributed by atoms with van der Waals surface area (Å²) in [6.07, 6.45) is 2.19. The maximum atomic E-state index is 14.0. The highest BCUT2D eigenvalue weighted by Crippen LogP contribution is 2.59. The minimum absolute atomic E-state index is 0.0545. The molecule has 1 aromatic rings. The molecule has 8 nitrogen and oxygen atoms in total. The zero-order valence-corrected chi connectivity index (χ0v) is 21.6. The van der Waals surface area contributed by atoms with E-state index in [1.54, 1.807) is 12.1 Å². The Morgan fingerprint density at radius 1 is 1.31 bits per heavy atom. The van der Waals surface area contributed by atoms with Gasteiger partial charge in [-0.3, -0.25) is 14.4 Å². The maximum absolute atomic E-state index is 14.0. The summed E-state index contributed by atoms with van der Waals surface area (Å²) in [6.45, 7) is 7.99. The van der Waals surface area contributed by atoms with Crippen LogP contribution in [0.2, 0.25) is 5.02 Å². The number of likely N-dealkylation sites (tertiary alicyclic amines) is 1. The van der Waals surface area contributed by atoms with Crippen molar-refractivity contribution in [1.29, 1.82) is 0 Å². The van der Waals surface area contributed by atoms with Crippen LogP contribution in [-0.2, 0) is 19.1 Å². The lowest BCUT2D eigenvalue weighted by atomic mass is 9.70. The molecule has 3 aliphatic heterocycles. The summed E-state index contributed by atoms with van der Waals surface area (Å²) in [5.41, 5.74) is 0.168. The highest BCUT2D eigenvalue weighted by Gasteiger charge is 2.75. The first kappa shape index (κ1) is 25.9. The van der Waals surface area contributed by atoms with Gasteiger partial charge in [-0.2, -0.15) is 0 Å². The number of hydrogen-bond acceptors (Lipinski definition) is 5. The lowest BCUT2D eigenvalue weighted by molar-refractivity contribution is -0.145. The number of nitrogens with one attached hydrogen (secondary N) is 2. The molecule has 0 saturated carbocycles. The molecular formula is C26H36ClN3O5. The summed E-state index contributed by atoms with van der Waals surface area (Å²) < 4.78 is 6.44. The first-order chi connectivity index (χ1) is 16.7. The van der Waals surface area contributed by atoms with E-state index < -0.39 is 41.5 Å². The normalized spacial score (nSPS) is 30.8. The van der Waals surface area contributed by atoms with Gasteiger partial charge in [-0.15, -0.1) is 0 Å². The topological polar surface area (TPSA) is 108 Å². The van der Waals surface area contributed by atoms with Crippen molar-refractivity contribution in [1.82, 2.24) is 10.2 Å². The number of anilines is 1. The van der Waals surface area contributed by atoms with Crippen LogP contribution in [0.15, 0.2) is 18.2 Å². The predicted octanol–water partition coefficient (Wildman–Crippen LogP) is 2.89. The standard InChI is InChI=1S/C26H36ClN3O5/c1-5-12-28-23(32)19-18-10-11-26(35-18)20(19)25(34)30(17(13-31)14(3)6-2)22(26)24(33)29-21-15(4)8-7-9-16(21)27/h7-9,14,17-20,22,31H,5-6,10-13H2,1-4H3,(H,28,32)(H,29,33)/t14-,17-,18-,19+,20-,22?,26?/m0/s1. The number of aliphatic hydroxyl groups is 1. The molecule has 192 valence electrons. The Balaban J connectivity index is 1.77. The molecule has 3 fully saturated rings. The van der Waals surface area contributed by atoms with Gasteiger partial charge in [-0.1, -0.05) is 50.9 Å². The lowest BCUT2D eigenvalue weighted by Gasteiger charge is -2.38. The number of halogens is 1. The van der Waals surface area contributed by atoms with Crippen molar-refractivity contribution in [3.63, 3.8) is 0 Å². The third-order valence-electron chi connectivity index (χ3n) is 8.15. The molecule has 1 aromatic carbocycles. The third-order valence-corrected chi connectivity index (χ3v) is 8.47. The van der Waals surface area contributed by atoms with Crippen LogP contribution >= 0.6 is 11.6 Å². The number of para-hydroxylation sites is 1. The Morgan fingerprint density at radius 3 is 2.69 bits per heavy atom. The minimum Gasteiger partial charge on any atom is -0.394 e. The fraction of sp³-hybridized carbons (Fsp3) is 0.654. The third kappa shape index (κ3) is 4.13. The predicted molar refractivity (Wildman–Crippen MR) is 133 cm³/mol. The van der Waals surface area contributed by atoms with Gasteiger partial charge < -0.3 is 25.4 Å². The van der Waals surface area contributed by atoms with E-state index in [2.05, 4.69) is 10.6 Å². The molecule has 3 heterocycles. The van der Waals surface area contributed by atoms with E-state index in [0.717, 1.165) is 12.0 Å². The van der Waals surface area contributed by atoms with Gasteiger partial charge >= 0.3 is 0 Å². The van der Waals surface area contributed by atoms with E-state index in [-0.39, 0.29) is 24.3 Å². The van der Waals surface area contributed by atoms with Gasteiger partial charge in [0.2, 0.25) is 17.7 Å². The van der Waals surface area contributed by atoms with E-state index >= 15 is 0 Å². The zero-order valence-electron chi connectivity index (χ0n) is 20.8. The van der Waals surface area contributed by atoms with Crippen molar-refractivity contribution in [2.75, 3.05) is 18.5 Å². The van der Waals surface area contributed by atoms with Crippen LogP contribution in [0.1, 0.15) is 52.0 Å². The van der Waals surface area contributed by atoms with E-state index in [0.29, 0.717) is 36.5 Å². The molecule has 1 spiro atoms. The van der Waals surface area contributed by atoms with Gasteiger partial charge in [0, 0.05) is 6.54 Å². The van der Waals surface area contributed by atoms with Crippen LogP contribution in [0.25, 0.3) is 0 Å². The Hall–Kier alpha value is -2.16. The summed E-state index contributed by atoms with van der Waals surface area (Å²) >= 11 is 6.39. The number of amides is 3. The molecule has 9 heteroatoms. The molecule has 7 atom stereocenters. The van der Waals surface area contributed by atoms with E-state index in [9.17, 15) is 19.5 Å². The highest BCUT2D eigenvalue weighted by atomic mass is 35.5. The quantitative estimate of drug-likeness (QED) is 0.478. The number of nitrogens with zero attached hydrogens (tertiary/aromatic N) is 1. The van der Waals surface area contributed by atoms with Crippen molar-refractivity contribution >= 4 is 35.0 Å². The first-order valence-electron chi connectivity index (χ1n) is 12.7. The molecule has 3 aliphatic rings. The first-order valence-corrected chi connectivity index (χ1v) is 13.0. The number of carbonyl (C=O) groups is 3. The molecule has 2 unspecified atom stereocenters. The molecule has 0 radical (unpaired) electrons. The number of aryl methyl sites for hydroxylation is 1. The van der Waals surface area contributed by atoms with Crippen LogP contribution in [0.4, 0.5) is 5.69 Å². The molecule has 3 saturated heterocycles. The lowest BCUT2D eigenvalue weighted by Crippen LogP contribution is -2.57. The maximum Gasteiger partial charge on any atom is 0.250 e. The molecular weight excluding hydrogens is 470 g/mol. The summed E-state index contributed by atoms with van der Waals surface area (Å²) in [5, 5.41) is 16.6. The van der Waals surface area contributed by atoms with E-state index in [1.807, 2.05) is 33.8 Å². The van der Waals surface area contributed by atoms with Gasteiger partial charge in [0.05, 0.1) is 41.3 Å². The molecule has 35 heavy (non-hydrogen) atoms. The van der Waals surface area contributed by atoms with Gasteiger partial charge in [0.25, 0.3) is 0 Å². The molecule has 3 N–H and O–H groups in total. The second kappa shape index (κ2) is 10.1. The number of aliphatic hydroxyl groups excluding tert-OH is 1. The fourth-order valence-corrected chi connectivity index (χ4v) is 6.48. The van der Waals surface area contributed by atoms with Gasteiger partial charge in [0.15, 0.2) is 0 Å². The highest BCUT2D eigenvalue weighted by molar-refractivity contribution is 6.34. The van der Waals surface area contributed by atoms with Crippen LogP contribution in [0.5, 0.6) is 0 Å².